The van der Waals surface area contributed by atoms with Gasteiger partial charge in [-0.1, -0.05) is 19.9 Å². The molecule has 0 spiro atoms. The summed E-state index contributed by atoms with van der Waals surface area (Å²) in [5.41, 5.74) is 3.70. The molecule has 0 aliphatic heterocycles. The fraction of sp³-hybridized carbons (Fsp3) is 0.409. The Kier molecular flexibility index (Phi) is 7.08. The van der Waals surface area contributed by atoms with E-state index in [-0.39, 0.29) is 16.4 Å². The first-order chi connectivity index (χ1) is 13.5. The summed E-state index contributed by atoms with van der Waals surface area (Å²) in [5, 5.41) is 0. The summed E-state index contributed by atoms with van der Waals surface area (Å²) < 4.78 is 38.8. The average molecular weight is 420 g/mol. The topological polar surface area (TPSA) is 81.7 Å². The first kappa shape index (κ1) is 22.9. The van der Waals surface area contributed by atoms with Gasteiger partial charge in [-0.3, -0.25) is 0 Å². The molecule has 2 aromatic carbocycles. The van der Waals surface area contributed by atoms with E-state index >= 15 is 0 Å². The lowest BCUT2D eigenvalue weighted by Gasteiger charge is -2.21. The Bertz CT molecular complexity index is 1010. The summed E-state index contributed by atoms with van der Waals surface area (Å²) in [5.74, 6) is 0.450. The monoisotopic (exact) mass is 419 g/mol. The number of carbonyl (C=O) groups is 1. The Hall–Kier alpha value is -2.38. The quantitative estimate of drug-likeness (QED) is 0.678. The van der Waals surface area contributed by atoms with Crippen LogP contribution in [0.15, 0.2) is 35.2 Å². The summed E-state index contributed by atoms with van der Waals surface area (Å²) in [4.78, 5) is 11.9. The highest BCUT2D eigenvalue weighted by Gasteiger charge is 2.23. The summed E-state index contributed by atoms with van der Waals surface area (Å²) in [6.07, 6.45) is 0. The summed E-state index contributed by atoms with van der Waals surface area (Å²) in [7, 11) is -0.950. The van der Waals surface area contributed by atoms with Gasteiger partial charge in [0.2, 0.25) is 10.0 Å². The second-order valence-corrected chi connectivity index (χ2v) is 9.13. The van der Waals surface area contributed by atoms with Crippen molar-refractivity contribution >= 4 is 16.0 Å². The highest BCUT2D eigenvalue weighted by Crippen LogP contribution is 2.32. The molecule has 0 aliphatic rings. The van der Waals surface area contributed by atoms with Crippen molar-refractivity contribution in [1.29, 1.82) is 0 Å². The second kappa shape index (κ2) is 8.97. The largest absolute Gasteiger partial charge is 0.496 e. The molecule has 2 rings (SSSR count). The molecule has 6 nitrogen and oxygen atoms in total. The number of hydrogen-bond acceptors (Lipinski definition) is 5. The van der Waals surface area contributed by atoms with E-state index in [0.717, 1.165) is 22.4 Å². The SMILES string of the molecule is COC(=O)c1cc(S(=O)(=O)N[C@H](C)c2cc(C(C)C)c(OC)cc2C)ccc1C. The molecule has 0 saturated carbocycles. The normalized spacial score (nSPS) is 12.7. The van der Waals surface area contributed by atoms with E-state index in [1.54, 1.807) is 27.0 Å². The fourth-order valence-electron chi connectivity index (χ4n) is 3.27. The average Bonchev–Trinajstić information content (AvgIpc) is 2.66. The Labute approximate surface area is 173 Å². The minimum atomic E-state index is -3.84. The smallest absolute Gasteiger partial charge is 0.338 e. The Morgan fingerprint density at radius 3 is 2.17 bits per heavy atom. The third kappa shape index (κ3) is 4.97. The van der Waals surface area contributed by atoms with Gasteiger partial charge in [-0.15, -0.1) is 0 Å². The van der Waals surface area contributed by atoms with Gasteiger partial charge in [-0.05, 0) is 73.2 Å². The van der Waals surface area contributed by atoms with E-state index in [1.165, 1.54) is 19.2 Å². The molecule has 0 bridgehead atoms. The molecule has 1 atom stereocenters. The molecule has 1 N–H and O–H groups in total. The van der Waals surface area contributed by atoms with E-state index in [9.17, 15) is 13.2 Å². The van der Waals surface area contributed by atoms with E-state index < -0.39 is 22.0 Å². The molecule has 0 fully saturated rings. The maximum absolute atomic E-state index is 13.0. The lowest BCUT2D eigenvalue weighted by Crippen LogP contribution is -2.28. The Morgan fingerprint density at radius 1 is 0.966 bits per heavy atom. The molecular formula is C22H29NO5S. The zero-order chi connectivity index (χ0) is 21.9. The predicted octanol–water partition coefficient (Wildman–Crippen LogP) is 4.26. The molecule has 158 valence electrons. The van der Waals surface area contributed by atoms with Gasteiger partial charge in [0.25, 0.3) is 0 Å². The van der Waals surface area contributed by atoms with Gasteiger partial charge < -0.3 is 9.47 Å². The highest BCUT2D eigenvalue weighted by atomic mass is 32.2. The van der Waals surface area contributed by atoms with Crippen molar-refractivity contribution in [3.8, 4) is 5.75 Å². The van der Waals surface area contributed by atoms with E-state index in [2.05, 4.69) is 18.6 Å². The Morgan fingerprint density at radius 2 is 1.62 bits per heavy atom. The second-order valence-electron chi connectivity index (χ2n) is 7.42. The summed E-state index contributed by atoms with van der Waals surface area (Å²) in [6, 6.07) is 7.87. The van der Waals surface area contributed by atoms with Crippen LogP contribution in [0.25, 0.3) is 0 Å². The first-order valence-corrected chi connectivity index (χ1v) is 10.9. The number of hydrogen-bond donors (Lipinski definition) is 1. The number of nitrogens with one attached hydrogen (secondary N) is 1. The van der Waals surface area contributed by atoms with E-state index in [1.807, 2.05) is 19.1 Å². The molecule has 0 radical (unpaired) electrons. The summed E-state index contributed by atoms with van der Waals surface area (Å²) >= 11 is 0. The van der Waals surface area contributed by atoms with Crippen LogP contribution in [-0.4, -0.2) is 28.6 Å². The van der Waals surface area contributed by atoms with Crippen LogP contribution in [0.5, 0.6) is 5.75 Å². The minimum Gasteiger partial charge on any atom is -0.496 e. The van der Waals surface area contributed by atoms with Crippen molar-refractivity contribution in [3.63, 3.8) is 0 Å². The molecule has 2 aromatic rings. The fourth-order valence-corrected chi connectivity index (χ4v) is 4.52. The molecule has 0 amide bonds. The van der Waals surface area contributed by atoms with Crippen LogP contribution in [0.3, 0.4) is 0 Å². The molecule has 0 unspecified atom stereocenters. The number of ether oxygens (including phenoxy) is 2. The standard InChI is InChI=1S/C22H29NO5S/c1-13(2)18-12-19(15(4)10-21(18)27-6)16(5)23-29(25,26)17-9-8-14(3)20(11-17)22(24)28-7/h8-13,16,23H,1-7H3/t16-/m1/s1. The zero-order valence-electron chi connectivity index (χ0n) is 18.0. The number of methoxy groups -OCH3 is 2. The van der Waals surface area contributed by atoms with Gasteiger partial charge >= 0.3 is 5.97 Å². The van der Waals surface area contributed by atoms with Crippen molar-refractivity contribution in [2.45, 2.75) is 51.5 Å². The number of rotatable bonds is 7. The molecular weight excluding hydrogens is 390 g/mol. The van der Waals surface area contributed by atoms with Crippen LogP contribution < -0.4 is 9.46 Å². The minimum absolute atomic E-state index is 0.0191. The van der Waals surface area contributed by atoms with Crippen molar-refractivity contribution in [2.24, 2.45) is 0 Å². The van der Waals surface area contributed by atoms with Crippen molar-refractivity contribution in [3.05, 3.63) is 58.1 Å². The molecule has 0 heterocycles. The van der Waals surface area contributed by atoms with Crippen LogP contribution in [-0.2, 0) is 14.8 Å². The van der Waals surface area contributed by atoms with Gasteiger partial charge in [0, 0.05) is 6.04 Å². The maximum Gasteiger partial charge on any atom is 0.338 e. The number of carbonyl (C=O) groups excluding carboxylic acids is 1. The number of sulfonamides is 1. The number of esters is 1. The number of benzene rings is 2. The predicted molar refractivity (Wildman–Crippen MR) is 113 cm³/mol. The lowest BCUT2D eigenvalue weighted by atomic mass is 9.94. The summed E-state index contributed by atoms with van der Waals surface area (Å²) in [6.45, 7) is 9.58. The molecule has 29 heavy (non-hydrogen) atoms. The molecule has 0 aromatic heterocycles. The van der Waals surface area contributed by atoms with Crippen LogP contribution in [0, 0.1) is 13.8 Å². The van der Waals surface area contributed by atoms with Crippen molar-refractivity contribution in [2.75, 3.05) is 14.2 Å². The van der Waals surface area contributed by atoms with E-state index in [0.29, 0.717) is 5.56 Å². The van der Waals surface area contributed by atoms with Crippen molar-refractivity contribution < 1.29 is 22.7 Å². The third-order valence-electron chi connectivity index (χ3n) is 4.96. The molecule has 0 aliphatic carbocycles. The van der Waals surface area contributed by atoms with Crippen LogP contribution in [0.4, 0.5) is 0 Å². The lowest BCUT2D eigenvalue weighted by molar-refractivity contribution is 0.0599. The van der Waals surface area contributed by atoms with Gasteiger partial charge in [-0.2, -0.15) is 0 Å². The Balaban J connectivity index is 2.41. The van der Waals surface area contributed by atoms with Gasteiger partial charge in [0.05, 0.1) is 24.7 Å². The van der Waals surface area contributed by atoms with Crippen LogP contribution in [0.1, 0.15) is 65.3 Å². The zero-order valence-corrected chi connectivity index (χ0v) is 18.8. The van der Waals surface area contributed by atoms with Crippen molar-refractivity contribution in [1.82, 2.24) is 4.72 Å². The third-order valence-corrected chi connectivity index (χ3v) is 6.50. The van der Waals surface area contributed by atoms with Gasteiger partial charge in [0.1, 0.15) is 5.75 Å². The van der Waals surface area contributed by atoms with Gasteiger partial charge in [-0.25, -0.2) is 17.9 Å². The first-order valence-electron chi connectivity index (χ1n) is 9.41. The van der Waals surface area contributed by atoms with E-state index in [4.69, 9.17) is 9.47 Å². The highest BCUT2D eigenvalue weighted by molar-refractivity contribution is 7.89. The van der Waals surface area contributed by atoms with Crippen LogP contribution in [0.2, 0.25) is 0 Å². The molecule has 0 saturated heterocycles. The molecule has 7 heteroatoms. The maximum atomic E-state index is 13.0. The van der Waals surface area contributed by atoms with Gasteiger partial charge in [0.15, 0.2) is 0 Å². The number of aryl methyl sites for hydroxylation is 2. The van der Waals surface area contributed by atoms with Crippen LogP contribution >= 0.6 is 0 Å².